The third kappa shape index (κ3) is 2.57. The van der Waals surface area contributed by atoms with Crippen molar-refractivity contribution in [1.29, 1.82) is 0 Å². The van der Waals surface area contributed by atoms with E-state index < -0.39 is 0 Å². The minimum Gasteiger partial charge on any atom is -0.541 e. The molecule has 2 rings (SSSR count). The molecule has 2 heterocycles. The van der Waals surface area contributed by atoms with Crippen LogP contribution in [0.2, 0.25) is 0 Å². The standard InChI is InChI=1S/C8H10BN4S2.Tl/c1-10-3-5-12(7(10)14)9-13-6-4-11(2)8(13)15;/h3-6H,1-2H3;/q-1;+1. The number of hydrogen-bond donors (Lipinski definition) is 0. The van der Waals surface area contributed by atoms with Crippen molar-refractivity contribution in [3.63, 3.8) is 0 Å². The zero-order valence-corrected chi connectivity index (χ0v) is 15.2. The van der Waals surface area contributed by atoms with Gasteiger partial charge >= 0.3 is 27.3 Å². The van der Waals surface area contributed by atoms with E-state index in [1.54, 1.807) is 0 Å². The van der Waals surface area contributed by atoms with E-state index in [9.17, 15) is 0 Å². The Morgan fingerprint density at radius 2 is 1.25 bits per heavy atom. The van der Waals surface area contributed by atoms with Crippen molar-refractivity contribution in [3.05, 3.63) is 34.3 Å². The Bertz CT molecular complexity index is 541. The van der Waals surface area contributed by atoms with E-state index in [4.69, 9.17) is 24.4 Å². The fourth-order valence-corrected chi connectivity index (χ4v) is 1.61. The third-order valence-corrected chi connectivity index (χ3v) is 3.19. The number of rotatable bonds is 2. The second-order valence-electron chi connectivity index (χ2n) is 3.31. The summed E-state index contributed by atoms with van der Waals surface area (Å²) in [6.07, 6.45) is 7.62. The fourth-order valence-electron chi connectivity index (χ4n) is 1.27. The Kier molecular flexibility index (Phi) is 4.74. The number of imidazole rings is 2. The van der Waals surface area contributed by atoms with Crippen LogP contribution in [0.1, 0.15) is 0 Å². The molecule has 0 amide bonds. The largest absolute Gasteiger partial charge is 1.00 e. The fraction of sp³-hybridized carbons (Fsp3) is 0.250. The van der Waals surface area contributed by atoms with Crippen LogP contribution in [0.15, 0.2) is 24.8 Å². The first kappa shape index (κ1) is 13.9. The van der Waals surface area contributed by atoms with Gasteiger partial charge in [-0.1, -0.05) is 7.55 Å². The van der Waals surface area contributed by atoms with Gasteiger partial charge in [-0.25, -0.2) is 0 Å². The van der Waals surface area contributed by atoms with Gasteiger partial charge in [-0.2, -0.15) is 0 Å². The van der Waals surface area contributed by atoms with Gasteiger partial charge in [0.15, 0.2) is 0 Å². The summed E-state index contributed by atoms with van der Waals surface area (Å²) in [5, 5.41) is 0. The second kappa shape index (κ2) is 5.45. The molecule has 0 aliphatic rings. The topological polar surface area (TPSA) is 19.7 Å². The summed E-state index contributed by atoms with van der Waals surface area (Å²) in [6.45, 7) is 0. The molecule has 0 atom stereocenters. The summed E-state index contributed by atoms with van der Waals surface area (Å²) in [6, 6.07) is 0. The molecule has 2 radical (unpaired) electrons. The first-order valence-electron chi connectivity index (χ1n) is 4.41. The monoisotopic (exact) mass is 442 g/mol. The molecule has 4 nitrogen and oxygen atoms in total. The van der Waals surface area contributed by atoms with Crippen LogP contribution in [0.5, 0.6) is 0 Å². The summed E-state index contributed by atoms with van der Waals surface area (Å²) in [5.41, 5.74) is 0. The smallest absolute Gasteiger partial charge is 0.541 e. The summed E-state index contributed by atoms with van der Waals surface area (Å²) in [4.78, 5) is 0. The van der Waals surface area contributed by atoms with Crippen LogP contribution < -0.4 is 0 Å². The zero-order chi connectivity index (χ0) is 11.0. The van der Waals surface area contributed by atoms with Gasteiger partial charge in [0.2, 0.25) is 0 Å². The van der Waals surface area contributed by atoms with Crippen LogP contribution in [-0.4, -0.2) is 52.9 Å². The van der Waals surface area contributed by atoms with Crippen molar-refractivity contribution in [1.82, 2.24) is 18.1 Å². The Labute approximate surface area is 125 Å². The van der Waals surface area contributed by atoms with E-state index in [1.807, 2.05) is 64.5 Å². The van der Waals surface area contributed by atoms with Crippen LogP contribution in [0.4, 0.5) is 0 Å². The minimum absolute atomic E-state index is 0. The molecular formula is C8H10BN4S2Tl. The molecule has 0 fully saturated rings. The summed E-state index contributed by atoms with van der Waals surface area (Å²) in [5.74, 6) is 0. The molecule has 0 unspecified atom stereocenters. The molecule has 2 aromatic rings. The van der Waals surface area contributed by atoms with Gasteiger partial charge in [-0.3, -0.25) is 0 Å². The van der Waals surface area contributed by atoms with E-state index in [2.05, 4.69) is 0 Å². The normalized spacial score (nSPS) is 10.1. The maximum Gasteiger partial charge on any atom is 1.00 e. The van der Waals surface area contributed by atoms with E-state index in [1.165, 1.54) is 0 Å². The first-order chi connectivity index (χ1) is 7.09. The molecule has 0 aromatic carbocycles. The summed E-state index contributed by atoms with van der Waals surface area (Å²) < 4.78 is 8.93. The molecule has 0 saturated heterocycles. The van der Waals surface area contributed by atoms with Gasteiger partial charge in [0.25, 0.3) is 0 Å². The van der Waals surface area contributed by atoms with Crippen molar-refractivity contribution in [2.24, 2.45) is 14.1 Å². The van der Waals surface area contributed by atoms with E-state index in [0.29, 0.717) is 0 Å². The minimum atomic E-state index is 0. The predicted molar refractivity (Wildman–Crippen MR) is 70.8 cm³/mol. The molecule has 0 bridgehead atoms. The zero-order valence-electron chi connectivity index (χ0n) is 9.07. The van der Waals surface area contributed by atoms with E-state index >= 15 is 0 Å². The number of aryl methyl sites for hydroxylation is 2. The van der Waals surface area contributed by atoms with Crippen molar-refractivity contribution in [2.75, 3.05) is 0 Å². The Morgan fingerprint density at radius 1 is 0.875 bits per heavy atom. The average Bonchev–Trinajstić information content (AvgIpc) is 2.68. The Morgan fingerprint density at radius 3 is 1.50 bits per heavy atom. The second-order valence-corrected chi connectivity index (χ2v) is 4.04. The molecule has 2 aromatic heterocycles. The Hall–Kier alpha value is -0.153. The maximum absolute atomic E-state index is 5.22. The van der Waals surface area contributed by atoms with Gasteiger partial charge in [-0.15, -0.1) is 0 Å². The third-order valence-electron chi connectivity index (χ3n) is 2.20. The van der Waals surface area contributed by atoms with Crippen LogP contribution in [0, 0.1) is 9.54 Å². The number of nitrogens with zero attached hydrogens (tertiary/aromatic N) is 4. The van der Waals surface area contributed by atoms with Gasteiger partial charge in [-0.05, 0) is 36.8 Å². The van der Waals surface area contributed by atoms with Crippen LogP contribution in [0.3, 0.4) is 0 Å². The quantitative estimate of drug-likeness (QED) is 0.512. The molecule has 0 N–H and O–H groups in total. The van der Waals surface area contributed by atoms with Crippen molar-refractivity contribution in [3.8, 4) is 0 Å². The van der Waals surface area contributed by atoms with Crippen LogP contribution in [0.25, 0.3) is 0 Å². The predicted octanol–water partition coefficient (Wildman–Crippen LogP) is 0.975. The average molecular weight is 442 g/mol. The van der Waals surface area contributed by atoms with Gasteiger partial charge in [0, 0.05) is 26.5 Å². The molecule has 80 valence electrons. The van der Waals surface area contributed by atoms with Crippen LogP contribution in [-0.2, 0) is 14.1 Å². The molecule has 8 heteroatoms. The molecule has 0 spiro atoms. The van der Waals surface area contributed by atoms with Crippen LogP contribution >= 0.6 is 24.4 Å². The molecule has 0 saturated carbocycles. The van der Waals surface area contributed by atoms with Crippen molar-refractivity contribution >= 4 is 59.3 Å². The van der Waals surface area contributed by atoms with Gasteiger partial charge in [0.1, 0.15) is 9.54 Å². The number of aromatic nitrogens is 4. The SMILES string of the molecule is Cn1ccn([B-]n2ccn(C)c2=S)c1=S.[Tl+]. The molecule has 0 aliphatic heterocycles. The van der Waals surface area contributed by atoms with Crippen molar-refractivity contribution < 1.29 is 0 Å². The maximum atomic E-state index is 5.22. The molecular weight excluding hydrogens is 431 g/mol. The Balaban J connectivity index is 0.00000128. The van der Waals surface area contributed by atoms with Gasteiger partial charge < -0.3 is 18.1 Å². The van der Waals surface area contributed by atoms with E-state index in [-0.39, 0.29) is 27.3 Å². The van der Waals surface area contributed by atoms with Gasteiger partial charge in [0.05, 0.1) is 0 Å². The first-order valence-corrected chi connectivity index (χ1v) is 5.23. The van der Waals surface area contributed by atoms with E-state index in [0.717, 1.165) is 9.54 Å². The number of hydrogen-bond acceptors (Lipinski definition) is 2. The summed E-state index contributed by atoms with van der Waals surface area (Å²) in [7, 11) is 5.69. The molecule has 0 aliphatic carbocycles. The summed E-state index contributed by atoms with van der Waals surface area (Å²) >= 11 is 10.4. The van der Waals surface area contributed by atoms with Crippen molar-refractivity contribution in [2.45, 2.75) is 0 Å². The molecule has 16 heavy (non-hydrogen) atoms.